The molecule has 0 bridgehead atoms. The zero-order valence-corrected chi connectivity index (χ0v) is 9.74. The molecule has 1 aromatic carbocycles. The molecule has 4 nitrogen and oxygen atoms in total. The molecular weight excluding hydrogens is 226 g/mol. The first-order valence-corrected chi connectivity index (χ1v) is 6.54. The molecule has 0 heterocycles. The van der Waals surface area contributed by atoms with Gasteiger partial charge in [-0.15, -0.1) is 0 Å². The molecule has 16 heavy (non-hydrogen) atoms. The Morgan fingerprint density at radius 3 is 2.56 bits per heavy atom. The van der Waals surface area contributed by atoms with Gasteiger partial charge >= 0.3 is 0 Å². The van der Waals surface area contributed by atoms with Crippen LogP contribution in [0, 0.1) is 11.3 Å². The Morgan fingerprint density at radius 2 is 2.06 bits per heavy atom. The van der Waals surface area contributed by atoms with E-state index in [2.05, 4.69) is 0 Å². The van der Waals surface area contributed by atoms with Crippen LogP contribution in [0.25, 0.3) is 0 Å². The largest absolute Gasteiger partial charge is 0.395 e. The van der Waals surface area contributed by atoms with Gasteiger partial charge in [-0.1, -0.05) is 25.1 Å². The summed E-state index contributed by atoms with van der Waals surface area (Å²) in [5, 5.41) is 17.9. The number of rotatable bonds is 4. The minimum atomic E-state index is -3.36. The van der Waals surface area contributed by atoms with Crippen LogP contribution in [-0.2, 0) is 9.84 Å². The van der Waals surface area contributed by atoms with Gasteiger partial charge < -0.3 is 5.11 Å². The van der Waals surface area contributed by atoms with Crippen molar-refractivity contribution >= 4 is 9.84 Å². The fourth-order valence-corrected chi connectivity index (χ4v) is 2.58. The summed E-state index contributed by atoms with van der Waals surface area (Å²) < 4.78 is 23.5. The summed E-state index contributed by atoms with van der Waals surface area (Å²) in [6.07, 6.45) is 0. The van der Waals surface area contributed by atoms with Crippen molar-refractivity contribution in [2.24, 2.45) is 0 Å². The van der Waals surface area contributed by atoms with E-state index < -0.39 is 15.8 Å². The van der Waals surface area contributed by atoms with E-state index in [1.165, 1.54) is 6.07 Å². The number of aliphatic hydroxyl groups is 1. The van der Waals surface area contributed by atoms with Crippen LogP contribution in [0.4, 0.5) is 0 Å². The third kappa shape index (κ3) is 2.40. The number of sulfone groups is 1. The van der Waals surface area contributed by atoms with Crippen molar-refractivity contribution in [2.75, 3.05) is 12.4 Å². The fourth-order valence-electron chi connectivity index (χ4n) is 1.42. The highest BCUT2D eigenvalue weighted by atomic mass is 32.2. The summed E-state index contributed by atoms with van der Waals surface area (Å²) in [5.41, 5.74) is 0.370. The van der Waals surface area contributed by atoms with E-state index in [1.54, 1.807) is 25.1 Å². The molecule has 0 aliphatic carbocycles. The molecule has 0 amide bonds. The quantitative estimate of drug-likeness (QED) is 0.852. The van der Waals surface area contributed by atoms with Crippen LogP contribution in [0.5, 0.6) is 0 Å². The maximum absolute atomic E-state index is 11.8. The van der Waals surface area contributed by atoms with Crippen LogP contribution >= 0.6 is 0 Å². The van der Waals surface area contributed by atoms with Crippen molar-refractivity contribution in [1.29, 1.82) is 5.26 Å². The van der Waals surface area contributed by atoms with Crippen molar-refractivity contribution in [3.63, 3.8) is 0 Å². The first-order chi connectivity index (χ1) is 7.56. The average molecular weight is 239 g/mol. The van der Waals surface area contributed by atoms with Crippen LogP contribution in [-0.4, -0.2) is 25.9 Å². The molecule has 0 saturated heterocycles. The number of benzene rings is 1. The SMILES string of the molecule is CCS(=O)(=O)c1ccccc1C(C#N)CO. The molecule has 0 saturated carbocycles. The second-order valence-corrected chi connectivity index (χ2v) is 5.55. The van der Waals surface area contributed by atoms with Crippen molar-refractivity contribution in [1.82, 2.24) is 0 Å². The van der Waals surface area contributed by atoms with E-state index in [-0.39, 0.29) is 17.3 Å². The molecule has 1 N–H and O–H groups in total. The van der Waals surface area contributed by atoms with E-state index in [9.17, 15) is 8.42 Å². The third-order valence-corrected chi connectivity index (χ3v) is 4.15. The maximum atomic E-state index is 11.8. The summed E-state index contributed by atoms with van der Waals surface area (Å²) in [5.74, 6) is -0.814. The van der Waals surface area contributed by atoms with Crippen LogP contribution in [0.15, 0.2) is 29.2 Å². The van der Waals surface area contributed by atoms with Crippen molar-refractivity contribution in [3.05, 3.63) is 29.8 Å². The molecule has 0 radical (unpaired) electrons. The Kier molecular flexibility index (Phi) is 4.05. The number of nitriles is 1. The normalized spacial score (nSPS) is 13.1. The Labute approximate surface area is 95.1 Å². The minimum absolute atomic E-state index is 0.0202. The summed E-state index contributed by atoms with van der Waals surface area (Å²) >= 11 is 0. The lowest BCUT2D eigenvalue weighted by Gasteiger charge is -2.11. The first kappa shape index (κ1) is 12.7. The van der Waals surface area contributed by atoms with Crippen molar-refractivity contribution in [2.45, 2.75) is 17.7 Å². The van der Waals surface area contributed by atoms with Crippen LogP contribution < -0.4 is 0 Å². The van der Waals surface area contributed by atoms with Crippen molar-refractivity contribution in [3.8, 4) is 6.07 Å². The Balaban J connectivity index is 3.38. The Morgan fingerprint density at radius 1 is 1.44 bits per heavy atom. The smallest absolute Gasteiger partial charge is 0.178 e. The van der Waals surface area contributed by atoms with E-state index in [0.717, 1.165) is 0 Å². The van der Waals surface area contributed by atoms with Crippen molar-refractivity contribution < 1.29 is 13.5 Å². The van der Waals surface area contributed by atoms with Gasteiger partial charge in [-0.3, -0.25) is 0 Å². The van der Waals surface area contributed by atoms with Gasteiger partial charge in [0, 0.05) is 0 Å². The highest BCUT2D eigenvalue weighted by Crippen LogP contribution is 2.24. The van der Waals surface area contributed by atoms with Gasteiger partial charge in [-0.25, -0.2) is 8.42 Å². The number of hydrogen-bond donors (Lipinski definition) is 1. The molecule has 86 valence electrons. The summed E-state index contributed by atoms with van der Waals surface area (Å²) in [6, 6.07) is 8.18. The molecule has 0 fully saturated rings. The standard InChI is InChI=1S/C11H13NO3S/c1-2-16(14,15)11-6-4-3-5-10(11)9(7-12)8-13/h3-6,9,13H,2,8H2,1H3. The molecule has 1 unspecified atom stereocenters. The monoisotopic (exact) mass is 239 g/mol. The molecule has 1 atom stereocenters. The van der Waals surface area contributed by atoms with Crippen LogP contribution in [0.1, 0.15) is 18.4 Å². The minimum Gasteiger partial charge on any atom is -0.395 e. The molecule has 5 heteroatoms. The van der Waals surface area contributed by atoms with Gasteiger partial charge in [0.25, 0.3) is 0 Å². The molecule has 1 aromatic rings. The second-order valence-electron chi connectivity index (χ2n) is 3.31. The third-order valence-electron chi connectivity index (χ3n) is 2.35. The predicted octanol–water partition coefficient (Wildman–Crippen LogP) is 1.08. The average Bonchev–Trinajstić information content (AvgIpc) is 2.31. The summed E-state index contributed by atoms with van der Waals surface area (Å²) in [4.78, 5) is 0.137. The van der Waals surface area contributed by atoms with Gasteiger partial charge in [0.1, 0.15) is 0 Å². The van der Waals surface area contributed by atoms with Gasteiger partial charge in [-0.2, -0.15) is 5.26 Å². The van der Waals surface area contributed by atoms with Gasteiger partial charge in [-0.05, 0) is 11.6 Å². The summed E-state index contributed by atoms with van der Waals surface area (Å²) in [7, 11) is -3.36. The second kappa shape index (κ2) is 5.10. The lowest BCUT2D eigenvalue weighted by atomic mass is 10.0. The van der Waals surface area contributed by atoms with Crippen LogP contribution in [0.3, 0.4) is 0 Å². The van der Waals surface area contributed by atoms with E-state index in [4.69, 9.17) is 10.4 Å². The van der Waals surface area contributed by atoms with E-state index in [1.807, 2.05) is 6.07 Å². The molecule has 0 aliphatic heterocycles. The van der Waals surface area contributed by atoms with E-state index in [0.29, 0.717) is 5.56 Å². The van der Waals surface area contributed by atoms with E-state index >= 15 is 0 Å². The number of nitrogens with zero attached hydrogens (tertiary/aromatic N) is 1. The zero-order chi connectivity index (χ0) is 12.2. The van der Waals surface area contributed by atoms with Crippen LogP contribution in [0.2, 0.25) is 0 Å². The molecule has 0 spiro atoms. The maximum Gasteiger partial charge on any atom is 0.178 e. The number of hydrogen-bond acceptors (Lipinski definition) is 4. The zero-order valence-electron chi connectivity index (χ0n) is 8.92. The Bertz CT molecular complexity index is 502. The topological polar surface area (TPSA) is 78.2 Å². The van der Waals surface area contributed by atoms with Gasteiger partial charge in [0.05, 0.1) is 29.2 Å². The molecule has 0 aromatic heterocycles. The molecule has 1 rings (SSSR count). The summed E-state index contributed by atoms with van der Waals surface area (Å²) in [6.45, 7) is 1.17. The first-order valence-electron chi connectivity index (χ1n) is 4.89. The molecular formula is C11H13NO3S. The lowest BCUT2D eigenvalue weighted by Crippen LogP contribution is -2.11. The Hall–Kier alpha value is -1.38. The fraction of sp³-hybridized carbons (Fsp3) is 0.364. The molecule has 0 aliphatic rings. The lowest BCUT2D eigenvalue weighted by molar-refractivity contribution is 0.285. The highest BCUT2D eigenvalue weighted by molar-refractivity contribution is 7.91. The highest BCUT2D eigenvalue weighted by Gasteiger charge is 2.21. The predicted molar refractivity (Wildman–Crippen MR) is 59.6 cm³/mol. The number of aliphatic hydroxyl groups excluding tert-OH is 1. The van der Waals surface area contributed by atoms with Gasteiger partial charge in [0.2, 0.25) is 0 Å². The van der Waals surface area contributed by atoms with Gasteiger partial charge in [0.15, 0.2) is 9.84 Å².